The van der Waals surface area contributed by atoms with Gasteiger partial charge in [0.2, 0.25) is 0 Å². The van der Waals surface area contributed by atoms with Gasteiger partial charge in [-0.05, 0) is 37.0 Å². The summed E-state index contributed by atoms with van der Waals surface area (Å²) in [6, 6.07) is 4.36. The van der Waals surface area contributed by atoms with E-state index in [0.717, 1.165) is 6.42 Å². The van der Waals surface area contributed by atoms with Gasteiger partial charge in [0.25, 0.3) is 0 Å². The summed E-state index contributed by atoms with van der Waals surface area (Å²) in [7, 11) is 0. The lowest BCUT2D eigenvalue weighted by Crippen LogP contribution is -2.03. The highest BCUT2D eigenvalue weighted by Gasteiger charge is 2.40. The lowest BCUT2D eigenvalue weighted by molar-refractivity contribution is 0.747. The molecule has 2 rings (SSSR count). The van der Waals surface area contributed by atoms with Gasteiger partial charge >= 0.3 is 0 Å². The van der Waals surface area contributed by atoms with Crippen LogP contribution < -0.4 is 0 Å². The van der Waals surface area contributed by atoms with Crippen molar-refractivity contribution in [2.24, 2.45) is 0 Å². The molecule has 0 aromatic carbocycles. The highest BCUT2D eigenvalue weighted by atomic mass is 14.7. The largest absolute Gasteiger partial charge is 0.261 e. The van der Waals surface area contributed by atoms with Crippen LogP contribution in [0.3, 0.4) is 0 Å². The first-order valence-corrected chi connectivity index (χ1v) is 4.70. The van der Waals surface area contributed by atoms with E-state index in [-0.39, 0.29) is 0 Å². The smallest absolute Gasteiger partial charge is 0.0465 e. The van der Waals surface area contributed by atoms with E-state index in [1.54, 1.807) is 0 Å². The van der Waals surface area contributed by atoms with E-state index in [2.05, 4.69) is 31.0 Å². The van der Waals surface area contributed by atoms with Crippen molar-refractivity contribution in [3.8, 4) is 0 Å². The summed E-state index contributed by atoms with van der Waals surface area (Å²) >= 11 is 0. The Labute approximate surface area is 73.8 Å². The van der Waals surface area contributed by atoms with E-state index in [9.17, 15) is 0 Å². The van der Waals surface area contributed by atoms with Crippen LogP contribution in [0.1, 0.15) is 37.9 Å². The SMILES string of the molecule is CCc1ccnc(C2(C)CC2)c1. The Balaban J connectivity index is 2.32. The minimum absolute atomic E-state index is 0.422. The van der Waals surface area contributed by atoms with Crippen molar-refractivity contribution >= 4 is 0 Å². The van der Waals surface area contributed by atoms with E-state index < -0.39 is 0 Å². The third kappa shape index (κ3) is 1.24. The van der Waals surface area contributed by atoms with Gasteiger partial charge in [0.15, 0.2) is 0 Å². The number of hydrogen-bond acceptors (Lipinski definition) is 1. The number of hydrogen-bond donors (Lipinski definition) is 0. The molecule has 1 saturated carbocycles. The first-order valence-electron chi connectivity index (χ1n) is 4.70. The van der Waals surface area contributed by atoms with Crippen LogP contribution in [-0.4, -0.2) is 4.98 Å². The lowest BCUT2D eigenvalue weighted by atomic mass is 10.0. The van der Waals surface area contributed by atoms with Gasteiger partial charge in [-0.2, -0.15) is 0 Å². The molecule has 1 aliphatic rings. The molecule has 0 saturated heterocycles. The van der Waals surface area contributed by atoms with Crippen LogP contribution in [0.2, 0.25) is 0 Å². The van der Waals surface area contributed by atoms with Crippen molar-refractivity contribution in [1.29, 1.82) is 0 Å². The standard InChI is InChI=1S/C11H15N/c1-3-9-4-7-12-10(8-9)11(2)5-6-11/h4,7-8H,3,5-6H2,1-2H3. The van der Waals surface area contributed by atoms with Crippen LogP contribution in [0, 0.1) is 0 Å². The second-order valence-corrected chi connectivity index (χ2v) is 3.96. The molecular weight excluding hydrogens is 146 g/mol. The second kappa shape index (κ2) is 2.58. The third-order valence-corrected chi connectivity index (χ3v) is 2.85. The fourth-order valence-electron chi connectivity index (χ4n) is 1.47. The van der Waals surface area contributed by atoms with Crippen LogP contribution in [0.25, 0.3) is 0 Å². The molecule has 1 aliphatic carbocycles. The average Bonchev–Trinajstić information content (AvgIpc) is 2.85. The fourth-order valence-corrected chi connectivity index (χ4v) is 1.47. The van der Waals surface area contributed by atoms with Gasteiger partial charge < -0.3 is 0 Å². The van der Waals surface area contributed by atoms with Crippen molar-refractivity contribution in [1.82, 2.24) is 4.98 Å². The summed E-state index contributed by atoms with van der Waals surface area (Å²) in [4.78, 5) is 4.42. The molecular formula is C11H15N. The zero-order valence-electron chi connectivity index (χ0n) is 7.80. The first kappa shape index (κ1) is 7.78. The van der Waals surface area contributed by atoms with Crippen LogP contribution in [-0.2, 0) is 11.8 Å². The predicted octanol–water partition coefficient (Wildman–Crippen LogP) is 2.70. The van der Waals surface area contributed by atoms with Crippen LogP contribution in [0.4, 0.5) is 0 Å². The highest BCUT2D eigenvalue weighted by molar-refractivity contribution is 5.27. The summed E-state index contributed by atoms with van der Waals surface area (Å²) in [5, 5.41) is 0. The molecule has 1 aromatic heterocycles. The summed E-state index contributed by atoms with van der Waals surface area (Å²) in [6.45, 7) is 4.49. The number of aromatic nitrogens is 1. The van der Waals surface area contributed by atoms with Gasteiger partial charge in [-0.3, -0.25) is 4.98 Å². The van der Waals surface area contributed by atoms with Crippen molar-refractivity contribution < 1.29 is 0 Å². The molecule has 1 heteroatoms. The summed E-state index contributed by atoms with van der Waals surface area (Å²) in [5.41, 5.74) is 3.13. The molecule has 1 aromatic rings. The maximum atomic E-state index is 4.42. The average molecular weight is 161 g/mol. The van der Waals surface area contributed by atoms with E-state index in [1.165, 1.54) is 24.1 Å². The molecule has 1 nitrogen and oxygen atoms in total. The molecule has 0 unspecified atom stereocenters. The minimum atomic E-state index is 0.422. The Morgan fingerprint density at radius 1 is 1.50 bits per heavy atom. The molecule has 0 amide bonds. The molecule has 0 spiro atoms. The van der Waals surface area contributed by atoms with Gasteiger partial charge in [0.05, 0.1) is 0 Å². The van der Waals surface area contributed by atoms with Gasteiger partial charge in [-0.25, -0.2) is 0 Å². The van der Waals surface area contributed by atoms with Crippen LogP contribution >= 0.6 is 0 Å². The monoisotopic (exact) mass is 161 g/mol. The van der Waals surface area contributed by atoms with E-state index in [1.807, 2.05) is 6.20 Å². The number of aryl methyl sites for hydroxylation is 1. The quantitative estimate of drug-likeness (QED) is 0.650. The molecule has 64 valence electrons. The predicted molar refractivity (Wildman–Crippen MR) is 50.2 cm³/mol. The van der Waals surface area contributed by atoms with Gasteiger partial charge in [0.1, 0.15) is 0 Å². The van der Waals surface area contributed by atoms with Crippen molar-refractivity contribution in [3.05, 3.63) is 29.6 Å². The van der Waals surface area contributed by atoms with Crippen LogP contribution in [0.5, 0.6) is 0 Å². The number of rotatable bonds is 2. The molecule has 0 atom stereocenters. The number of nitrogens with zero attached hydrogens (tertiary/aromatic N) is 1. The Morgan fingerprint density at radius 2 is 2.25 bits per heavy atom. The van der Waals surface area contributed by atoms with E-state index >= 15 is 0 Å². The molecule has 0 bridgehead atoms. The Hall–Kier alpha value is -0.850. The van der Waals surface area contributed by atoms with Crippen LogP contribution in [0.15, 0.2) is 18.3 Å². The summed E-state index contributed by atoms with van der Waals surface area (Å²) in [6.07, 6.45) is 5.68. The topological polar surface area (TPSA) is 12.9 Å². The molecule has 1 heterocycles. The Bertz CT molecular complexity index is 287. The summed E-state index contributed by atoms with van der Waals surface area (Å²) in [5.74, 6) is 0. The third-order valence-electron chi connectivity index (χ3n) is 2.85. The summed E-state index contributed by atoms with van der Waals surface area (Å²) < 4.78 is 0. The van der Waals surface area contributed by atoms with Crippen molar-refractivity contribution in [2.45, 2.75) is 38.5 Å². The molecule has 0 radical (unpaired) electrons. The molecule has 0 aliphatic heterocycles. The van der Waals surface area contributed by atoms with Crippen molar-refractivity contribution in [2.75, 3.05) is 0 Å². The van der Waals surface area contributed by atoms with E-state index in [4.69, 9.17) is 0 Å². The zero-order valence-corrected chi connectivity index (χ0v) is 7.80. The first-order chi connectivity index (χ1) is 5.74. The van der Waals surface area contributed by atoms with Crippen molar-refractivity contribution in [3.63, 3.8) is 0 Å². The zero-order chi connectivity index (χ0) is 8.60. The fraction of sp³-hybridized carbons (Fsp3) is 0.545. The molecule has 1 fully saturated rings. The second-order valence-electron chi connectivity index (χ2n) is 3.96. The maximum absolute atomic E-state index is 4.42. The number of pyridine rings is 1. The van der Waals surface area contributed by atoms with Gasteiger partial charge in [-0.1, -0.05) is 13.8 Å². The van der Waals surface area contributed by atoms with Gasteiger partial charge in [-0.15, -0.1) is 0 Å². The highest BCUT2D eigenvalue weighted by Crippen LogP contribution is 2.46. The Kier molecular flexibility index (Phi) is 1.67. The van der Waals surface area contributed by atoms with Gasteiger partial charge in [0, 0.05) is 17.3 Å². The molecule has 12 heavy (non-hydrogen) atoms. The maximum Gasteiger partial charge on any atom is 0.0465 e. The lowest BCUT2D eigenvalue weighted by Gasteiger charge is -2.07. The Morgan fingerprint density at radius 3 is 2.83 bits per heavy atom. The minimum Gasteiger partial charge on any atom is -0.261 e. The molecule has 0 N–H and O–H groups in total. The van der Waals surface area contributed by atoms with E-state index in [0.29, 0.717) is 5.41 Å². The normalized spacial score (nSPS) is 19.2.